The number of Topliss-reactive ketones (excluding diaryl/α,β-unsaturated/α-hetero) is 1. The highest BCUT2D eigenvalue weighted by Gasteiger charge is 2.28. The van der Waals surface area contributed by atoms with Crippen LogP contribution in [0.1, 0.15) is 45.1 Å². The van der Waals surface area contributed by atoms with E-state index in [9.17, 15) is 4.79 Å². The number of ketones is 1. The Bertz CT molecular complexity index is 1200. The van der Waals surface area contributed by atoms with Gasteiger partial charge in [-0.2, -0.15) is 4.98 Å². The molecule has 2 heterocycles. The number of benzene rings is 2. The smallest absolute Gasteiger partial charge is 0.253 e. The summed E-state index contributed by atoms with van der Waals surface area (Å²) in [6, 6.07) is 18.5. The molecule has 0 saturated carbocycles. The molecule has 0 saturated heterocycles. The van der Waals surface area contributed by atoms with Gasteiger partial charge in [0, 0.05) is 18.4 Å². The van der Waals surface area contributed by atoms with Gasteiger partial charge in [-0.1, -0.05) is 66.4 Å². The molecule has 0 fully saturated rings. The lowest BCUT2D eigenvalue weighted by Crippen LogP contribution is -2.21. The van der Waals surface area contributed by atoms with Gasteiger partial charge < -0.3 is 0 Å². The summed E-state index contributed by atoms with van der Waals surface area (Å²) in [6.45, 7) is 2.11. The third-order valence-electron chi connectivity index (χ3n) is 5.45. The molecule has 29 heavy (non-hydrogen) atoms. The summed E-state index contributed by atoms with van der Waals surface area (Å²) >= 11 is 1.59. The van der Waals surface area contributed by atoms with Crippen molar-refractivity contribution in [3.8, 4) is 0 Å². The standard InChI is InChI=1S/C23H20N4OS/c1-15-7-5-6-10-17(15)14-29-23-25-22-24-20-11-18(16-8-3-2-4-9-16)12-21(28)19(20)13-27(22)26-23/h2-10,13,18H,11-12,14H2,1H3. The van der Waals surface area contributed by atoms with Crippen molar-refractivity contribution >= 4 is 23.3 Å². The van der Waals surface area contributed by atoms with Crippen LogP contribution in [0, 0.1) is 6.92 Å². The number of thioether (sulfide) groups is 1. The van der Waals surface area contributed by atoms with Gasteiger partial charge in [0.1, 0.15) is 0 Å². The fraction of sp³-hybridized carbons (Fsp3) is 0.217. The largest absolute Gasteiger partial charge is 0.294 e. The first kappa shape index (κ1) is 18.1. The van der Waals surface area contributed by atoms with Crippen molar-refractivity contribution in [2.75, 3.05) is 0 Å². The monoisotopic (exact) mass is 400 g/mol. The van der Waals surface area contributed by atoms with Crippen LogP contribution in [0.5, 0.6) is 0 Å². The molecule has 0 bridgehead atoms. The second kappa shape index (κ2) is 7.44. The Hall–Kier alpha value is -2.99. The van der Waals surface area contributed by atoms with E-state index in [2.05, 4.69) is 41.3 Å². The van der Waals surface area contributed by atoms with Crippen LogP contribution in [-0.2, 0) is 12.2 Å². The molecule has 1 unspecified atom stereocenters. The van der Waals surface area contributed by atoms with Crippen molar-refractivity contribution < 1.29 is 4.79 Å². The molecule has 1 atom stereocenters. The quantitative estimate of drug-likeness (QED) is 0.467. The molecule has 5 rings (SSSR count). The summed E-state index contributed by atoms with van der Waals surface area (Å²) in [5.41, 5.74) is 5.21. The molecule has 2 aromatic carbocycles. The Labute approximate surface area is 173 Å². The lowest BCUT2D eigenvalue weighted by Gasteiger charge is -2.22. The third-order valence-corrected chi connectivity index (χ3v) is 6.34. The van der Waals surface area contributed by atoms with Crippen LogP contribution in [0.3, 0.4) is 0 Å². The number of hydrogen-bond donors (Lipinski definition) is 0. The van der Waals surface area contributed by atoms with Crippen molar-refractivity contribution in [3.05, 3.63) is 88.7 Å². The maximum atomic E-state index is 12.8. The number of fused-ring (bicyclic) bond motifs is 2. The van der Waals surface area contributed by atoms with E-state index >= 15 is 0 Å². The van der Waals surface area contributed by atoms with Gasteiger partial charge >= 0.3 is 0 Å². The molecule has 2 aromatic heterocycles. The molecule has 6 heteroatoms. The first-order valence-corrected chi connectivity index (χ1v) is 10.7. The minimum absolute atomic E-state index is 0.124. The summed E-state index contributed by atoms with van der Waals surface area (Å²) in [5, 5.41) is 5.21. The van der Waals surface area contributed by atoms with Crippen LogP contribution in [0.4, 0.5) is 0 Å². The van der Waals surface area contributed by atoms with E-state index in [1.54, 1.807) is 22.5 Å². The lowest BCUT2D eigenvalue weighted by molar-refractivity contribution is 0.0962. The Morgan fingerprint density at radius 3 is 2.66 bits per heavy atom. The van der Waals surface area contributed by atoms with Crippen molar-refractivity contribution in [2.24, 2.45) is 0 Å². The number of nitrogens with zero attached hydrogens (tertiary/aromatic N) is 4. The average Bonchev–Trinajstić information content (AvgIpc) is 3.14. The first-order chi connectivity index (χ1) is 14.2. The number of rotatable bonds is 4. The highest BCUT2D eigenvalue weighted by Crippen LogP contribution is 2.32. The third kappa shape index (κ3) is 3.56. The second-order valence-corrected chi connectivity index (χ2v) is 8.34. The highest BCUT2D eigenvalue weighted by atomic mass is 32.2. The minimum atomic E-state index is 0.124. The van der Waals surface area contributed by atoms with Crippen molar-refractivity contribution in [1.82, 2.24) is 19.6 Å². The summed E-state index contributed by atoms with van der Waals surface area (Å²) in [5.74, 6) is 1.65. The zero-order valence-electron chi connectivity index (χ0n) is 16.1. The van der Waals surface area contributed by atoms with Crippen LogP contribution in [0.15, 0.2) is 66.0 Å². The summed E-state index contributed by atoms with van der Waals surface area (Å²) in [4.78, 5) is 22.0. The second-order valence-electron chi connectivity index (χ2n) is 7.39. The molecule has 144 valence electrons. The van der Waals surface area contributed by atoms with Crippen LogP contribution < -0.4 is 0 Å². The summed E-state index contributed by atoms with van der Waals surface area (Å²) in [6.07, 6.45) is 3.06. The van der Waals surface area contributed by atoms with Gasteiger partial charge in [0.05, 0.1) is 11.3 Å². The van der Waals surface area contributed by atoms with Gasteiger partial charge in [-0.15, -0.1) is 5.10 Å². The molecule has 0 N–H and O–H groups in total. The molecule has 0 amide bonds. The Morgan fingerprint density at radius 2 is 1.83 bits per heavy atom. The van der Waals surface area contributed by atoms with Gasteiger partial charge in [-0.3, -0.25) is 4.79 Å². The Kier molecular flexibility index (Phi) is 4.64. The number of hydrogen-bond acceptors (Lipinski definition) is 5. The predicted octanol–water partition coefficient (Wildman–Crippen LogP) is 4.64. The molecule has 0 spiro atoms. The SMILES string of the molecule is Cc1ccccc1CSc1nc2nc3c(cn2n1)C(=O)CC(c1ccccc1)C3. The maximum Gasteiger partial charge on any atom is 0.253 e. The molecule has 1 aliphatic rings. The molecule has 0 aliphatic heterocycles. The van der Waals surface area contributed by atoms with Gasteiger partial charge in [-0.05, 0) is 36.0 Å². The molecule has 4 aromatic rings. The molecular formula is C23H20N4OS. The van der Waals surface area contributed by atoms with Gasteiger partial charge in [-0.25, -0.2) is 9.50 Å². The van der Waals surface area contributed by atoms with E-state index < -0.39 is 0 Å². The van der Waals surface area contributed by atoms with Gasteiger partial charge in [0.15, 0.2) is 5.78 Å². The average molecular weight is 401 g/mol. The predicted molar refractivity (Wildman–Crippen MR) is 113 cm³/mol. The van der Waals surface area contributed by atoms with E-state index in [1.165, 1.54) is 16.7 Å². The van der Waals surface area contributed by atoms with Gasteiger partial charge in [0.25, 0.3) is 5.78 Å². The van der Waals surface area contributed by atoms with Crippen LogP contribution in [0.2, 0.25) is 0 Å². The van der Waals surface area contributed by atoms with Crippen molar-refractivity contribution in [2.45, 2.75) is 36.6 Å². The van der Waals surface area contributed by atoms with Crippen LogP contribution in [-0.4, -0.2) is 25.4 Å². The molecule has 1 aliphatic carbocycles. The van der Waals surface area contributed by atoms with Crippen LogP contribution in [0.25, 0.3) is 5.78 Å². The van der Waals surface area contributed by atoms with Gasteiger partial charge in [0.2, 0.25) is 5.16 Å². The van der Waals surface area contributed by atoms with E-state index in [0.29, 0.717) is 22.9 Å². The van der Waals surface area contributed by atoms with Crippen LogP contribution >= 0.6 is 11.8 Å². The molecule has 5 nitrogen and oxygen atoms in total. The molecular weight excluding hydrogens is 380 g/mol. The topological polar surface area (TPSA) is 60.1 Å². The normalized spacial score (nSPS) is 16.2. The van der Waals surface area contributed by atoms with Crippen molar-refractivity contribution in [1.29, 1.82) is 0 Å². The summed E-state index contributed by atoms with van der Waals surface area (Å²) < 4.78 is 1.64. The Balaban J connectivity index is 1.42. The van der Waals surface area contributed by atoms with Crippen molar-refractivity contribution in [3.63, 3.8) is 0 Å². The fourth-order valence-corrected chi connectivity index (χ4v) is 4.70. The van der Waals surface area contributed by atoms with E-state index in [1.807, 2.05) is 30.3 Å². The number of aryl methyl sites for hydroxylation is 1. The first-order valence-electron chi connectivity index (χ1n) is 9.69. The zero-order chi connectivity index (χ0) is 19.8. The van der Waals surface area contributed by atoms with E-state index in [4.69, 9.17) is 4.98 Å². The van der Waals surface area contributed by atoms with E-state index in [0.717, 1.165) is 17.9 Å². The molecule has 0 radical (unpaired) electrons. The highest BCUT2D eigenvalue weighted by molar-refractivity contribution is 7.98. The maximum absolute atomic E-state index is 12.8. The van der Waals surface area contributed by atoms with E-state index in [-0.39, 0.29) is 11.7 Å². The lowest BCUT2D eigenvalue weighted by atomic mass is 9.82. The minimum Gasteiger partial charge on any atom is -0.294 e. The number of carbonyl (C=O) groups is 1. The number of carbonyl (C=O) groups excluding carboxylic acids is 1. The summed E-state index contributed by atoms with van der Waals surface area (Å²) in [7, 11) is 0. The fourth-order valence-electron chi connectivity index (χ4n) is 3.80. The number of aromatic nitrogens is 4. The Morgan fingerprint density at radius 1 is 1.03 bits per heavy atom. The zero-order valence-corrected chi connectivity index (χ0v) is 16.9.